The molecule has 3 heterocycles. The average molecular weight is 844 g/mol. The van der Waals surface area contributed by atoms with Crippen LogP contribution in [-0.4, -0.2) is 6.85 Å². The first-order valence-electron chi connectivity index (χ1n) is 22.7. The third-order valence-corrected chi connectivity index (χ3v) is 13.5. The Morgan fingerprint density at radius 3 is 1.71 bits per heavy atom. The van der Waals surface area contributed by atoms with E-state index in [1.54, 1.807) is 0 Å². The fourth-order valence-corrected chi connectivity index (χ4v) is 10.6. The molecule has 13 rings (SSSR count). The van der Waals surface area contributed by atoms with Crippen molar-refractivity contribution in [2.75, 3.05) is 14.6 Å². The van der Waals surface area contributed by atoms with E-state index in [9.17, 15) is 0 Å². The van der Waals surface area contributed by atoms with Crippen molar-refractivity contribution < 1.29 is 4.42 Å². The van der Waals surface area contributed by atoms with E-state index in [2.05, 4.69) is 258 Å². The highest BCUT2D eigenvalue weighted by Gasteiger charge is 2.46. The topological polar surface area (TPSA) is 22.9 Å². The summed E-state index contributed by atoms with van der Waals surface area (Å²) >= 11 is 0. The van der Waals surface area contributed by atoms with Gasteiger partial charge in [0, 0.05) is 67.9 Å². The minimum absolute atomic E-state index is 0.187. The molecule has 66 heavy (non-hydrogen) atoms. The summed E-state index contributed by atoms with van der Waals surface area (Å²) in [5.41, 5.74) is 21.4. The van der Waals surface area contributed by atoms with Crippen molar-refractivity contribution in [3.8, 4) is 33.4 Å². The lowest BCUT2D eigenvalue weighted by Gasteiger charge is -2.46. The molecule has 2 aliphatic heterocycles. The predicted octanol–water partition coefficient (Wildman–Crippen LogP) is 15.4. The summed E-state index contributed by atoms with van der Waals surface area (Å²) in [6, 6.07) is 85.7. The molecule has 2 aliphatic rings. The van der Waals surface area contributed by atoms with Crippen molar-refractivity contribution in [2.24, 2.45) is 0 Å². The van der Waals surface area contributed by atoms with Crippen molar-refractivity contribution in [3.63, 3.8) is 0 Å². The Morgan fingerprint density at radius 2 is 1.02 bits per heavy atom. The normalized spacial score (nSPS) is 12.5. The molecule has 0 unspecified atom stereocenters. The van der Waals surface area contributed by atoms with Crippen LogP contribution in [0.4, 0.5) is 45.5 Å². The highest BCUT2D eigenvalue weighted by molar-refractivity contribution is 6.94. The second-order valence-electron chi connectivity index (χ2n) is 17.3. The quantitative estimate of drug-likeness (QED) is 0.149. The van der Waals surface area contributed by atoms with E-state index in [0.717, 1.165) is 73.0 Å². The molecule has 0 aliphatic carbocycles. The van der Waals surface area contributed by atoms with Crippen molar-refractivity contribution in [1.82, 2.24) is 0 Å². The van der Waals surface area contributed by atoms with Crippen LogP contribution in [0.25, 0.3) is 55.3 Å². The van der Waals surface area contributed by atoms with Crippen molar-refractivity contribution in [3.05, 3.63) is 242 Å². The van der Waals surface area contributed by atoms with E-state index in [-0.39, 0.29) is 6.85 Å². The smallest absolute Gasteiger partial charge is 0.333 e. The predicted molar refractivity (Wildman–Crippen MR) is 278 cm³/mol. The van der Waals surface area contributed by atoms with Crippen LogP contribution in [0.15, 0.2) is 241 Å². The number of benzene rings is 10. The average Bonchev–Trinajstić information content (AvgIpc) is 3.76. The van der Waals surface area contributed by atoms with Crippen LogP contribution in [-0.2, 0) is 0 Å². The molecule has 0 amide bonds. The Kier molecular flexibility index (Phi) is 8.82. The van der Waals surface area contributed by atoms with Gasteiger partial charge in [-0.15, -0.1) is 0 Å². The van der Waals surface area contributed by atoms with Crippen LogP contribution in [0.5, 0.6) is 0 Å². The standard InChI is InChI=1S/C61H42BN3O/c1-41-18-14-16-28-53(41)64-55-38-45(43-21-8-3-9-22-43)32-36-52(55)62-61-56(64)40-58-59(50-27-15-17-29-57(50)66-58)60(61)51-39-49(63(46-23-10-4-11-24-46)47-25-12-5-13-26-47)35-37-54(51)65(62)48-33-30-44(31-34-48)42-19-6-2-7-20-42/h2-40H,1H3. The summed E-state index contributed by atoms with van der Waals surface area (Å²) in [6.07, 6.45) is 0. The number of rotatable bonds is 7. The SMILES string of the molecule is Cc1ccccc1N1c2cc(-c3ccccc3)ccc2B2c3c1cc1oc4ccccc4c1c3-c1cc(N(c3ccccc3)c3ccccc3)ccc1N2c1ccc(-c2ccccc2)cc1. The van der Waals surface area contributed by atoms with Gasteiger partial charge < -0.3 is 19.0 Å². The summed E-state index contributed by atoms with van der Waals surface area (Å²) in [4.78, 5) is 7.47. The summed E-state index contributed by atoms with van der Waals surface area (Å²) in [6.45, 7) is 2.03. The van der Waals surface area contributed by atoms with Crippen LogP contribution in [0, 0.1) is 6.92 Å². The number of para-hydroxylation sites is 4. The van der Waals surface area contributed by atoms with Crippen LogP contribution in [0.2, 0.25) is 0 Å². The molecule has 0 atom stereocenters. The van der Waals surface area contributed by atoms with Gasteiger partial charge in [0.05, 0.1) is 0 Å². The summed E-state index contributed by atoms with van der Waals surface area (Å²) in [7, 11) is 0. The maximum atomic E-state index is 6.96. The lowest BCUT2D eigenvalue weighted by molar-refractivity contribution is 0.669. The van der Waals surface area contributed by atoms with Crippen molar-refractivity contribution >= 4 is 85.2 Å². The zero-order valence-corrected chi connectivity index (χ0v) is 36.3. The van der Waals surface area contributed by atoms with E-state index >= 15 is 0 Å². The summed E-state index contributed by atoms with van der Waals surface area (Å²) in [5.74, 6) is 0. The molecule has 310 valence electrons. The zero-order valence-electron chi connectivity index (χ0n) is 36.3. The molecule has 4 nitrogen and oxygen atoms in total. The fraction of sp³-hybridized carbons (Fsp3) is 0.0164. The molecule has 0 radical (unpaired) electrons. The second-order valence-corrected chi connectivity index (χ2v) is 17.3. The first kappa shape index (κ1) is 38.0. The molecule has 0 saturated carbocycles. The molecular weight excluding hydrogens is 802 g/mol. The Balaban J connectivity index is 1.15. The van der Waals surface area contributed by atoms with Gasteiger partial charge >= 0.3 is 6.85 Å². The Hall–Kier alpha value is -8.54. The van der Waals surface area contributed by atoms with Gasteiger partial charge in [0.1, 0.15) is 11.2 Å². The molecule has 0 fully saturated rings. The zero-order chi connectivity index (χ0) is 43.7. The van der Waals surface area contributed by atoms with Crippen LogP contribution >= 0.6 is 0 Å². The number of furan rings is 1. The maximum absolute atomic E-state index is 6.96. The first-order chi connectivity index (χ1) is 32.7. The number of nitrogens with zero attached hydrogens (tertiary/aromatic N) is 3. The van der Waals surface area contributed by atoms with E-state index in [0.29, 0.717) is 0 Å². The first-order valence-corrected chi connectivity index (χ1v) is 22.7. The third kappa shape index (κ3) is 6.01. The molecule has 11 aromatic rings. The number of anilines is 8. The maximum Gasteiger partial charge on any atom is 0.333 e. The lowest BCUT2D eigenvalue weighted by atomic mass is 9.43. The van der Waals surface area contributed by atoms with Gasteiger partial charge in [-0.3, -0.25) is 0 Å². The van der Waals surface area contributed by atoms with Crippen LogP contribution in [0.3, 0.4) is 0 Å². The third-order valence-electron chi connectivity index (χ3n) is 13.5. The van der Waals surface area contributed by atoms with Gasteiger partial charge in [0.25, 0.3) is 0 Å². The van der Waals surface area contributed by atoms with E-state index in [1.165, 1.54) is 44.3 Å². The largest absolute Gasteiger partial charge is 0.456 e. The van der Waals surface area contributed by atoms with Crippen LogP contribution < -0.4 is 25.5 Å². The minimum atomic E-state index is -0.187. The second kappa shape index (κ2) is 15.3. The number of hydrogen-bond acceptors (Lipinski definition) is 4. The molecule has 0 bridgehead atoms. The van der Waals surface area contributed by atoms with Gasteiger partial charge in [0.2, 0.25) is 0 Å². The molecule has 5 heteroatoms. The molecule has 1 aromatic heterocycles. The van der Waals surface area contributed by atoms with E-state index in [1.807, 2.05) is 0 Å². The number of hydrogen-bond donors (Lipinski definition) is 0. The Labute approximate surface area is 385 Å². The number of fused-ring (bicyclic) bond motifs is 8. The minimum Gasteiger partial charge on any atom is -0.456 e. The van der Waals surface area contributed by atoms with Crippen molar-refractivity contribution in [1.29, 1.82) is 0 Å². The lowest BCUT2D eigenvalue weighted by Crippen LogP contribution is -2.61. The van der Waals surface area contributed by atoms with Gasteiger partial charge in [-0.2, -0.15) is 0 Å². The molecule has 10 aromatic carbocycles. The van der Waals surface area contributed by atoms with Gasteiger partial charge in [-0.05, 0) is 124 Å². The Bertz CT molecular complexity index is 3570. The summed E-state index contributed by atoms with van der Waals surface area (Å²) < 4.78 is 6.96. The van der Waals surface area contributed by atoms with Crippen LogP contribution in [0.1, 0.15) is 5.56 Å². The van der Waals surface area contributed by atoms with Gasteiger partial charge in [-0.1, -0.05) is 158 Å². The highest BCUT2D eigenvalue weighted by atomic mass is 16.3. The molecular formula is C61H42BN3O. The van der Waals surface area contributed by atoms with Gasteiger partial charge in [0.15, 0.2) is 0 Å². The van der Waals surface area contributed by atoms with E-state index in [4.69, 9.17) is 4.42 Å². The number of aryl methyl sites for hydroxylation is 1. The summed E-state index contributed by atoms with van der Waals surface area (Å²) in [5, 5.41) is 2.24. The fourth-order valence-electron chi connectivity index (χ4n) is 10.6. The monoisotopic (exact) mass is 843 g/mol. The molecule has 0 spiro atoms. The highest BCUT2D eigenvalue weighted by Crippen LogP contribution is 2.53. The van der Waals surface area contributed by atoms with Gasteiger partial charge in [-0.25, -0.2) is 0 Å². The Morgan fingerprint density at radius 1 is 0.424 bits per heavy atom. The molecule has 0 N–H and O–H groups in total. The van der Waals surface area contributed by atoms with Crippen molar-refractivity contribution in [2.45, 2.75) is 6.92 Å². The van der Waals surface area contributed by atoms with E-state index < -0.39 is 0 Å². The molecule has 0 saturated heterocycles.